The van der Waals surface area contributed by atoms with Crippen molar-refractivity contribution in [3.63, 3.8) is 0 Å². The van der Waals surface area contributed by atoms with Gasteiger partial charge in [-0.2, -0.15) is 0 Å². The summed E-state index contributed by atoms with van der Waals surface area (Å²) in [7, 11) is 0. The van der Waals surface area contributed by atoms with Crippen LogP contribution in [-0.4, -0.2) is 11.1 Å². The highest BCUT2D eigenvalue weighted by Crippen LogP contribution is 2.28. The first-order valence-electron chi connectivity index (χ1n) is 4.80. The van der Waals surface area contributed by atoms with E-state index in [1.54, 1.807) is 0 Å². The zero-order valence-electron chi connectivity index (χ0n) is 8.39. The lowest BCUT2D eigenvalue weighted by Crippen LogP contribution is -2.26. The summed E-state index contributed by atoms with van der Waals surface area (Å²) in [5.41, 5.74) is -0.491. The van der Waals surface area contributed by atoms with E-state index in [2.05, 4.69) is 6.92 Å². The summed E-state index contributed by atoms with van der Waals surface area (Å²) in [6, 6.07) is 0. The van der Waals surface area contributed by atoms with Crippen molar-refractivity contribution in [3.8, 4) is 0 Å². The molecule has 0 bridgehead atoms. The molecule has 12 heavy (non-hydrogen) atoms. The van der Waals surface area contributed by atoms with Crippen molar-refractivity contribution in [1.29, 1.82) is 0 Å². The van der Waals surface area contributed by atoms with Crippen molar-refractivity contribution in [2.45, 2.75) is 52.9 Å². The molecule has 0 rings (SSSR count). The Kier molecular flexibility index (Phi) is 4.95. The first kappa shape index (κ1) is 11.5. The van der Waals surface area contributed by atoms with Gasteiger partial charge in [-0.15, -0.1) is 0 Å². The number of hydrogen-bond acceptors (Lipinski definition) is 1. The molecule has 2 heteroatoms. The summed E-state index contributed by atoms with van der Waals surface area (Å²) in [5, 5.41) is 8.93. The van der Waals surface area contributed by atoms with Gasteiger partial charge in [0, 0.05) is 0 Å². The van der Waals surface area contributed by atoms with E-state index in [1.165, 1.54) is 0 Å². The largest absolute Gasteiger partial charge is 0.481 e. The number of unbranched alkanes of at least 4 members (excludes halogenated alkanes) is 2. The van der Waals surface area contributed by atoms with E-state index < -0.39 is 11.4 Å². The average molecular weight is 172 g/mol. The maximum absolute atomic E-state index is 10.8. The molecule has 0 spiro atoms. The molecule has 0 fully saturated rings. The van der Waals surface area contributed by atoms with E-state index in [9.17, 15) is 4.79 Å². The van der Waals surface area contributed by atoms with Crippen molar-refractivity contribution < 1.29 is 9.90 Å². The Morgan fingerprint density at radius 2 is 1.92 bits per heavy atom. The minimum Gasteiger partial charge on any atom is -0.481 e. The van der Waals surface area contributed by atoms with Crippen LogP contribution in [0.1, 0.15) is 52.9 Å². The van der Waals surface area contributed by atoms with Gasteiger partial charge in [-0.1, -0.05) is 33.1 Å². The van der Waals surface area contributed by atoms with Crippen molar-refractivity contribution in [1.82, 2.24) is 0 Å². The standard InChI is InChI=1S/C10H20O2/c1-4-6-7-8-10(3,5-2)9(11)12/h4-8H2,1-3H3,(H,11,12)/t10-/m1/s1. The number of carboxylic acids is 1. The van der Waals surface area contributed by atoms with Crippen LogP contribution in [0, 0.1) is 5.41 Å². The lowest BCUT2D eigenvalue weighted by molar-refractivity contribution is -0.148. The molecule has 0 unspecified atom stereocenters. The molecule has 0 aromatic carbocycles. The van der Waals surface area contributed by atoms with E-state index in [0.29, 0.717) is 0 Å². The fraction of sp³-hybridized carbons (Fsp3) is 0.900. The van der Waals surface area contributed by atoms with Gasteiger partial charge in [0.05, 0.1) is 5.41 Å². The second kappa shape index (κ2) is 5.18. The summed E-state index contributed by atoms with van der Waals surface area (Å²) in [5.74, 6) is -0.652. The number of carboxylic acid groups (broad SMARTS) is 1. The van der Waals surface area contributed by atoms with Crippen LogP contribution in [0.3, 0.4) is 0 Å². The molecular formula is C10H20O2. The summed E-state index contributed by atoms with van der Waals surface area (Å²) in [6.07, 6.45) is 4.87. The van der Waals surface area contributed by atoms with Crippen LogP contribution in [0.25, 0.3) is 0 Å². The third-order valence-electron chi connectivity index (χ3n) is 2.63. The monoisotopic (exact) mass is 172 g/mol. The van der Waals surface area contributed by atoms with Crippen LogP contribution in [0.2, 0.25) is 0 Å². The Morgan fingerprint density at radius 1 is 1.33 bits per heavy atom. The SMILES string of the molecule is CCCCC[C@@](C)(CC)C(=O)O. The van der Waals surface area contributed by atoms with Gasteiger partial charge in [0.15, 0.2) is 0 Å². The van der Waals surface area contributed by atoms with Crippen LogP contribution in [0.15, 0.2) is 0 Å². The van der Waals surface area contributed by atoms with Gasteiger partial charge in [-0.05, 0) is 19.8 Å². The highest BCUT2D eigenvalue weighted by molar-refractivity contribution is 5.73. The first-order chi connectivity index (χ1) is 5.56. The number of aliphatic carboxylic acids is 1. The summed E-state index contributed by atoms with van der Waals surface area (Å²) in [4.78, 5) is 10.8. The fourth-order valence-corrected chi connectivity index (χ4v) is 1.20. The number of carbonyl (C=O) groups is 1. The van der Waals surface area contributed by atoms with Crippen molar-refractivity contribution in [2.75, 3.05) is 0 Å². The molecule has 0 aliphatic rings. The average Bonchev–Trinajstić information content (AvgIpc) is 2.04. The van der Waals surface area contributed by atoms with E-state index in [-0.39, 0.29) is 0 Å². The Morgan fingerprint density at radius 3 is 2.25 bits per heavy atom. The van der Waals surface area contributed by atoms with Crippen LogP contribution in [-0.2, 0) is 4.79 Å². The third kappa shape index (κ3) is 3.24. The van der Waals surface area contributed by atoms with Gasteiger partial charge >= 0.3 is 5.97 Å². The maximum Gasteiger partial charge on any atom is 0.309 e. The minimum absolute atomic E-state index is 0.491. The predicted molar refractivity (Wildman–Crippen MR) is 50.2 cm³/mol. The Bertz CT molecular complexity index is 143. The highest BCUT2D eigenvalue weighted by Gasteiger charge is 2.29. The van der Waals surface area contributed by atoms with Crippen molar-refractivity contribution >= 4 is 5.97 Å². The first-order valence-corrected chi connectivity index (χ1v) is 4.80. The van der Waals surface area contributed by atoms with E-state index >= 15 is 0 Å². The van der Waals surface area contributed by atoms with Gasteiger partial charge in [-0.3, -0.25) is 4.79 Å². The predicted octanol–water partition coefficient (Wildman–Crippen LogP) is 3.07. The molecule has 0 saturated heterocycles. The molecule has 0 aliphatic heterocycles. The van der Waals surface area contributed by atoms with Gasteiger partial charge < -0.3 is 5.11 Å². The quantitative estimate of drug-likeness (QED) is 0.625. The van der Waals surface area contributed by atoms with Gasteiger partial charge in [0.1, 0.15) is 0 Å². The molecule has 0 amide bonds. The highest BCUT2D eigenvalue weighted by atomic mass is 16.4. The van der Waals surface area contributed by atoms with Crippen LogP contribution in [0.4, 0.5) is 0 Å². The molecule has 0 aliphatic carbocycles. The molecule has 1 atom stereocenters. The molecule has 0 radical (unpaired) electrons. The summed E-state index contributed by atoms with van der Waals surface area (Å²) >= 11 is 0. The molecule has 72 valence electrons. The Hall–Kier alpha value is -0.530. The Balaban J connectivity index is 3.88. The molecular weight excluding hydrogens is 152 g/mol. The summed E-state index contributed by atoms with van der Waals surface area (Å²) in [6.45, 7) is 5.91. The topological polar surface area (TPSA) is 37.3 Å². The van der Waals surface area contributed by atoms with Gasteiger partial charge in [0.25, 0.3) is 0 Å². The van der Waals surface area contributed by atoms with Gasteiger partial charge in [-0.25, -0.2) is 0 Å². The summed E-state index contributed by atoms with van der Waals surface area (Å²) < 4.78 is 0. The smallest absolute Gasteiger partial charge is 0.309 e. The zero-order chi connectivity index (χ0) is 9.61. The Labute approximate surface area is 75.0 Å². The molecule has 0 heterocycles. The van der Waals surface area contributed by atoms with E-state index in [1.807, 2.05) is 13.8 Å². The normalized spacial score (nSPS) is 15.6. The molecule has 0 aromatic heterocycles. The van der Waals surface area contributed by atoms with Crippen molar-refractivity contribution in [3.05, 3.63) is 0 Å². The van der Waals surface area contributed by atoms with Crippen LogP contribution >= 0.6 is 0 Å². The zero-order valence-corrected chi connectivity index (χ0v) is 8.39. The molecule has 0 saturated carbocycles. The molecule has 0 aromatic rings. The third-order valence-corrected chi connectivity index (χ3v) is 2.63. The maximum atomic E-state index is 10.8. The second-order valence-corrected chi connectivity index (χ2v) is 3.68. The molecule has 1 N–H and O–H groups in total. The van der Waals surface area contributed by atoms with Gasteiger partial charge in [0.2, 0.25) is 0 Å². The lowest BCUT2D eigenvalue weighted by Gasteiger charge is -2.22. The molecule has 2 nitrogen and oxygen atoms in total. The van der Waals surface area contributed by atoms with E-state index in [4.69, 9.17) is 5.11 Å². The second-order valence-electron chi connectivity index (χ2n) is 3.68. The number of rotatable bonds is 6. The lowest BCUT2D eigenvalue weighted by atomic mass is 9.82. The number of hydrogen-bond donors (Lipinski definition) is 1. The fourth-order valence-electron chi connectivity index (χ4n) is 1.20. The minimum atomic E-state index is -0.652. The van der Waals surface area contributed by atoms with E-state index in [0.717, 1.165) is 32.1 Å². The van der Waals surface area contributed by atoms with Crippen LogP contribution in [0.5, 0.6) is 0 Å². The van der Waals surface area contributed by atoms with Crippen LogP contribution < -0.4 is 0 Å². The van der Waals surface area contributed by atoms with Crippen molar-refractivity contribution in [2.24, 2.45) is 5.41 Å².